The van der Waals surface area contributed by atoms with Crippen LogP contribution in [0, 0.1) is 0 Å². The van der Waals surface area contributed by atoms with Crippen LogP contribution < -0.4 is 4.74 Å². The number of sulfone groups is 1. The van der Waals surface area contributed by atoms with Crippen molar-refractivity contribution in [3.63, 3.8) is 0 Å². The fourth-order valence-corrected chi connectivity index (χ4v) is 4.54. The quantitative estimate of drug-likeness (QED) is 0.646. The number of H-pyrrole nitrogens is 1. The first kappa shape index (κ1) is 19.7. The highest BCUT2D eigenvalue weighted by molar-refractivity contribution is 7.90. The van der Waals surface area contributed by atoms with Crippen LogP contribution in [0.15, 0.2) is 47.4 Å². The van der Waals surface area contributed by atoms with Crippen LogP contribution in [0.3, 0.4) is 0 Å². The molecule has 3 aromatic rings. The first-order chi connectivity index (χ1) is 12.8. The van der Waals surface area contributed by atoms with Gasteiger partial charge in [0.2, 0.25) is 0 Å². The van der Waals surface area contributed by atoms with E-state index in [9.17, 15) is 8.42 Å². The third-order valence-corrected chi connectivity index (χ3v) is 6.43. The summed E-state index contributed by atoms with van der Waals surface area (Å²) in [5.74, 6) is 0.661. The number of hydrogen-bond donors (Lipinski definition) is 1. The number of aromatic amines is 1. The van der Waals surface area contributed by atoms with E-state index in [1.807, 2.05) is 32.3 Å². The number of nitrogens with one attached hydrogen (secondary N) is 1. The van der Waals surface area contributed by atoms with Gasteiger partial charge in [0.1, 0.15) is 5.75 Å². The van der Waals surface area contributed by atoms with Gasteiger partial charge in [-0.3, -0.25) is 0 Å². The van der Waals surface area contributed by atoms with E-state index in [0.717, 1.165) is 40.9 Å². The summed E-state index contributed by atoms with van der Waals surface area (Å²) in [5, 5.41) is 1.51. The summed E-state index contributed by atoms with van der Waals surface area (Å²) in [6, 6.07) is 12.0. The topological polar surface area (TPSA) is 62.4 Å². The van der Waals surface area contributed by atoms with Crippen molar-refractivity contribution >= 4 is 32.3 Å². The van der Waals surface area contributed by atoms with Crippen molar-refractivity contribution in [2.45, 2.75) is 17.1 Å². The van der Waals surface area contributed by atoms with Crippen molar-refractivity contribution < 1.29 is 13.2 Å². The maximum atomic E-state index is 12.9. The van der Waals surface area contributed by atoms with Gasteiger partial charge in [0.05, 0.1) is 17.8 Å². The van der Waals surface area contributed by atoms with Crippen molar-refractivity contribution in [2.24, 2.45) is 0 Å². The van der Waals surface area contributed by atoms with Crippen LogP contribution in [-0.4, -0.2) is 46.1 Å². The molecule has 27 heavy (non-hydrogen) atoms. The van der Waals surface area contributed by atoms with Gasteiger partial charge >= 0.3 is 0 Å². The lowest BCUT2D eigenvalue weighted by Crippen LogP contribution is -2.16. The highest BCUT2D eigenvalue weighted by Crippen LogP contribution is 2.29. The molecule has 0 aliphatic carbocycles. The van der Waals surface area contributed by atoms with Crippen molar-refractivity contribution in [2.75, 3.05) is 27.7 Å². The van der Waals surface area contributed by atoms with Gasteiger partial charge in [0.25, 0.3) is 0 Å². The minimum Gasteiger partial charge on any atom is -0.497 e. The predicted molar refractivity (Wildman–Crippen MR) is 109 cm³/mol. The molecule has 5 nitrogen and oxygen atoms in total. The van der Waals surface area contributed by atoms with E-state index >= 15 is 0 Å². The number of fused-ring (bicyclic) bond motifs is 1. The molecule has 3 rings (SSSR count). The lowest BCUT2D eigenvalue weighted by atomic mass is 10.1. The molecule has 2 aromatic carbocycles. The van der Waals surface area contributed by atoms with Crippen LogP contribution >= 0.6 is 11.6 Å². The highest BCUT2D eigenvalue weighted by Gasteiger charge is 2.21. The lowest BCUT2D eigenvalue weighted by molar-refractivity contribution is 0.413. The molecule has 0 aliphatic heterocycles. The number of likely N-dealkylation sites (N-methyl/N-ethyl adjacent to an activating group) is 1. The Bertz CT molecular complexity index is 1040. The van der Waals surface area contributed by atoms with Gasteiger partial charge in [-0.15, -0.1) is 0 Å². The van der Waals surface area contributed by atoms with Gasteiger partial charge in [-0.05, 0) is 68.5 Å². The first-order valence-corrected chi connectivity index (χ1v) is 10.6. The second kappa shape index (κ2) is 7.92. The molecular weight excluding hydrogens is 384 g/mol. The number of aromatic nitrogens is 1. The van der Waals surface area contributed by atoms with Crippen molar-refractivity contribution in [1.29, 1.82) is 0 Å². The third-order valence-electron chi connectivity index (χ3n) is 4.52. The Morgan fingerprint density at radius 2 is 1.81 bits per heavy atom. The van der Waals surface area contributed by atoms with Crippen molar-refractivity contribution in [3.8, 4) is 5.75 Å². The van der Waals surface area contributed by atoms with Gasteiger partial charge in [-0.2, -0.15) is 0 Å². The molecule has 1 heterocycles. The van der Waals surface area contributed by atoms with E-state index in [-0.39, 0.29) is 10.6 Å². The number of methoxy groups -OCH3 is 1. The van der Waals surface area contributed by atoms with Crippen molar-refractivity contribution in [3.05, 3.63) is 58.7 Å². The smallest absolute Gasteiger partial charge is 0.183 e. The number of rotatable bonds is 7. The van der Waals surface area contributed by atoms with E-state index in [1.165, 1.54) is 0 Å². The SMILES string of the molecule is COc1ccc2[nH]c(CS(=O)(=O)c3ccc(Cl)cc3)c(CCN(C)C)c2c1. The molecule has 1 aromatic heterocycles. The zero-order chi connectivity index (χ0) is 19.6. The minimum atomic E-state index is -3.49. The Morgan fingerprint density at radius 1 is 1.11 bits per heavy atom. The average molecular weight is 407 g/mol. The molecule has 7 heteroatoms. The Kier molecular flexibility index (Phi) is 5.79. The van der Waals surface area contributed by atoms with E-state index in [2.05, 4.69) is 9.88 Å². The zero-order valence-corrected chi connectivity index (χ0v) is 17.2. The molecule has 0 amide bonds. The van der Waals surface area contributed by atoms with E-state index in [0.29, 0.717) is 5.02 Å². The third kappa shape index (κ3) is 4.46. The maximum absolute atomic E-state index is 12.9. The van der Waals surface area contributed by atoms with Crippen LogP contribution in [-0.2, 0) is 22.0 Å². The van der Waals surface area contributed by atoms with Crippen LogP contribution in [0.25, 0.3) is 10.9 Å². The Hall–Kier alpha value is -2.02. The van der Waals surface area contributed by atoms with E-state index in [1.54, 1.807) is 31.4 Å². The van der Waals surface area contributed by atoms with Gasteiger partial charge in [0, 0.05) is 28.2 Å². The summed E-state index contributed by atoms with van der Waals surface area (Å²) in [4.78, 5) is 5.64. The second-order valence-electron chi connectivity index (χ2n) is 6.76. The van der Waals surface area contributed by atoms with Crippen LogP contribution in [0.5, 0.6) is 5.75 Å². The average Bonchev–Trinajstić information content (AvgIpc) is 2.95. The van der Waals surface area contributed by atoms with Crippen LogP contribution in [0.2, 0.25) is 5.02 Å². The molecule has 0 unspecified atom stereocenters. The molecule has 0 aliphatic rings. The number of ether oxygens (including phenoxy) is 1. The number of halogens is 1. The first-order valence-electron chi connectivity index (χ1n) is 8.60. The normalized spacial score (nSPS) is 12.0. The second-order valence-corrected chi connectivity index (χ2v) is 9.19. The van der Waals surface area contributed by atoms with Gasteiger partial charge in [-0.1, -0.05) is 11.6 Å². The summed E-state index contributed by atoms with van der Waals surface area (Å²) in [6.45, 7) is 0.818. The molecule has 0 radical (unpaired) electrons. The predicted octanol–water partition coefficient (Wildman–Crippen LogP) is 3.91. The Labute approximate surface area is 164 Å². The molecule has 0 saturated carbocycles. The summed E-state index contributed by atoms with van der Waals surface area (Å²) in [5.41, 5.74) is 2.64. The van der Waals surface area contributed by atoms with Crippen LogP contribution in [0.4, 0.5) is 0 Å². The van der Waals surface area contributed by atoms with Gasteiger partial charge in [-0.25, -0.2) is 8.42 Å². The van der Waals surface area contributed by atoms with Crippen LogP contribution in [0.1, 0.15) is 11.3 Å². The molecular formula is C20H23ClN2O3S. The molecule has 0 saturated heterocycles. The number of hydrogen-bond acceptors (Lipinski definition) is 4. The Morgan fingerprint density at radius 3 is 2.44 bits per heavy atom. The minimum absolute atomic E-state index is 0.0889. The van der Waals surface area contributed by atoms with Crippen molar-refractivity contribution in [1.82, 2.24) is 9.88 Å². The summed E-state index contributed by atoms with van der Waals surface area (Å²) >= 11 is 5.88. The fraction of sp³-hybridized carbons (Fsp3) is 0.300. The van der Waals surface area contributed by atoms with Gasteiger partial charge < -0.3 is 14.6 Å². The molecule has 144 valence electrons. The molecule has 0 bridgehead atoms. The van der Waals surface area contributed by atoms with Gasteiger partial charge in [0.15, 0.2) is 9.84 Å². The standard InChI is InChI=1S/C20H23ClN2O3S/c1-23(2)11-10-17-18-12-15(26-3)6-9-19(18)22-20(17)13-27(24,25)16-7-4-14(21)5-8-16/h4-9,12,22H,10-11,13H2,1-3H3. The molecule has 0 fully saturated rings. The molecule has 1 N–H and O–H groups in total. The fourth-order valence-electron chi connectivity index (χ4n) is 3.07. The number of benzene rings is 2. The number of nitrogens with zero attached hydrogens (tertiary/aromatic N) is 1. The zero-order valence-electron chi connectivity index (χ0n) is 15.6. The monoisotopic (exact) mass is 406 g/mol. The maximum Gasteiger partial charge on any atom is 0.183 e. The Balaban J connectivity index is 2.04. The molecule has 0 atom stereocenters. The van der Waals surface area contributed by atoms with E-state index in [4.69, 9.17) is 16.3 Å². The largest absolute Gasteiger partial charge is 0.497 e. The summed E-state index contributed by atoms with van der Waals surface area (Å²) in [7, 11) is 2.13. The molecule has 0 spiro atoms. The highest BCUT2D eigenvalue weighted by atomic mass is 35.5. The summed E-state index contributed by atoms with van der Waals surface area (Å²) in [6.07, 6.45) is 0.742. The van der Waals surface area contributed by atoms with E-state index < -0.39 is 9.84 Å². The summed E-state index contributed by atoms with van der Waals surface area (Å²) < 4.78 is 31.1. The lowest BCUT2D eigenvalue weighted by Gasteiger charge is -2.11.